The molecule has 0 unspecified atom stereocenters. The van der Waals surface area contributed by atoms with Gasteiger partial charge in [-0.2, -0.15) is 5.10 Å². The SMILES string of the molecule is O=C(NCc1cccs1)C1CCN(c2cnn(Cc3ccccc3)c(=O)c2)CC1. The predicted molar refractivity (Wildman–Crippen MR) is 115 cm³/mol. The molecule has 0 spiro atoms. The molecule has 1 fully saturated rings. The minimum absolute atomic E-state index is 0.0256. The van der Waals surface area contributed by atoms with Gasteiger partial charge in [-0.3, -0.25) is 9.59 Å². The number of carbonyl (C=O) groups is 1. The Morgan fingerprint density at radius 3 is 2.62 bits per heavy atom. The van der Waals surface area contributed by atoms with Crippen molar-refractivity contribution in [3.05, 3.63) is 80.9 Å². The van der Waals surface area contributed by atoms with E-state index in [9.17, 15) is 9.59 Å². The van der Waals surface area contributed by atoms with E-state index in [1.807, 2.05) is 47.8 Å². The van der Waals surface area contributed by atoms with Crippen LogP contribution in [0.25, 0.3) is 0 Å². The molecule has 3 aromatic rings. The molecular weight excluding hydrogens is 384 g/mol. The summed E-state index contributed by atoms with van der Waals surface area (Å²) in [6, 6.07) is 15.5. The molecule has 1 aliphatic heterocycles. The second-order valence-corrected chi connectivity index (χ2v) is 8.29. The van der Waals surface area contributed by atoms with Crippen LogP contribution in [0.15, 0.2) is 64.9 Å². The van der Waals surface area contributed by atoms with Crippen LogP contribution in [0.4, 0.5) is 5.69 Å². The number of anilines is 1. The van der Waals surface area contributed by atoms with E-state index in [1.165, 1.54) is 4.68 Å². The van der Waals surface area contributed by atoms with Crippen molar-refractivity contribution in [2.45, 2.75) is 25.9 Å². The summed E-state index contributed by atoms with van der Waals surface area (Å²) in [6.45, 7) is 2.56. The zero-order chi connectivity index (χ0) is 20.1. The third-order valence-electron chi connectivity index (χ3n) is 5.28. The minimum Gasteiger partial charge on any atom is -0.370 e. The molecule has 4 rings (SSSR count). The van der Waals surface area contributed by atoms with Crippen molar-refractivity contribution in [3.8, 4) is 0 Å². The zero-order valence-corrected chi connectivity index (χ0v) is 17.0. The topological polar surface area (TPSA) is 67.2 Å². The molecule has 0 saturated carbocycles. The Hall–Kier alpha value is -2.93. The number of thiophene rings is 1. The van der Waals surface area contributed by atoms with Crippen molar-refractivity contribution >= 4 is 22.9 Å². The minimum atomic E-state index is -0.109. The summed E-state index contributed by atoms with van der Waals surface area (Å²) >= 11 is 1.65. The van der Waals surface area contributed by atoms with Gasteiger partial charge in [-0.05, 0) is 29.9 Å². The molecule has 6 nitrogen and oxygen atoms in total. The lowest BCUT2D eigenvalue weighted by molar-refractivity contribution is -0.125. The fourth-order valence-corrected chi connectivity index (χ4v) is 4.25. The number of nitrogens with zero attached hydrogens (tertiary/aromatic N) is 3. The van der Waals surface area contributed by atoms with Gasteiger partial charge in [0.15, 0.2) is 0 Å². The third kappa shape index (κ3) is 4.92. The summed E-state index contributed by atoms with van der Waals surface area (Å²) in [7, 11) is 0. The van der Waals surface area contributed by atoms with Gasteiger partial charge in [0.05, 0.1) is 25.0 Å². The molecule has 1 amide bonds. The fourth-order valence-electron chi connectivity index (χ4n) is 3.60. The van der Waals surface area contributed by atoms with E-state index in [0.29, 0.717) is 13.1 Å². The first-order valence-corrected chi connectivity index (χ1v) is 10.7. The number of carbonyl (C=O) groups excluding carboxylic acids is 1. The number of nitrogens with one attached hydrogen (secondary N) is 1. The lowest BCUT2D eigenvalue weighted by Crippen LogP contribution is -2.41. The van der Waals surface area contributed by atoms with Crippen LogP contribution in [0.5, 0.6) is 0 Å². The number of piperidine rings is 1. The molecule has 1 saturated heterocycles. The Kier molecular flexibility index (Phi) is 6.05. The molecule has 0 aliphatic carbocycles. The highest BCUT2D eigenvalue weighted by Crippen LogP contribution is 2.22. The third-order valence-corrected chi connectivity index (χ3v) is 6.15. The van der Waals surface area contributed by atoms with E-state index in [2.05, 4.69) is 15.3 Å². The smallest absolute Gasteiger partial charge is 0.269 e. The van der Waals surface area contributed by atoms with Crippen molar-refractivity contribution in [1.82, 2.24) is 15.1 Å². The van der Waals surface area contributed by atoms with Gasteiger partial charge < -0.3 is 10.2 Å². The van der Waals surface area contributed by atoms with Crippen molar-refractivity contribution in [2.24, 2.45) is 5.92 Å². The Bertz CT molecular complexity index is 993. The van der Waals surface area contributed by atoms with E-state index >= 15 is 0 Å². The molecule has 29 heavy (non-hydrogen) atoms. The summed E-state index contributed by atoms with van der Waals surface area (Å²) in [5.74, 6) is 0.145. The summed E-state index contributed by atoms with van der Waals surface area (Å²) in [5.41, 5.74) is 1.77. The molecule has 1 aromatic carbocycles. The van der Waals surface area contributed by atoms with Gasteiger partial charge in [0, 0.05) is 30.0 Å². The number of hydrogen-bond donors (Lipinski definition) is 1. The summed E-state index contributed by atoms with van der Waals surface area (Å²) in [4.78, 5) is 28.2. The normalized spacial score (nSPS) is 14.7. The number of rotatable bonds is 6. The number of aromatic nitrogens is 2. The van der Waals surface area contributed by atoms with Gasteiger partial charge in [0.2, 0.25) is 5.91 Å². The van der Waals surface area contributed by atoms with Gasteiger partial charge in [-0.25, -0.2) is 4.68 Å². The van der Waals surface area contributed by atoms with Gasteiger partial charge in [0.25, 0.3) is 5.56 Å². The maximum Gasteiger partial charge on any atom is 0.269 e. The predicted octanol–water partition coefficient (Wildman–Crippen LogP) is 2.89. The highest BCUT2D eigenvalue weighted by atomic mass is 32.1. The Morgan fingerprint density at radius 1 is 1.14 bits per heavy atom. The van der Waals surface area contributed by atoms with E-state index in [-0.39, 0.29) is 17.4 Å². The lowest BCUT2D eigenvalue weighted by atomic mass is 9.95. The molecular formula is C22H24N4O2S. The second-order valence-electron chi connectivity index (χ2n) is 7.25. The van der Waals surface area contributed by atoms with E-state index < -0.39 is 0 Å². The molecule has 7 heteroatoms. The van der Waals surface area contributed by atoms with Crippen molar-refractivity contribution in [3.63, 3.8) is 0 Å². The Balaban J connectivity index is 1.32. The number of hydrogen-bond acceptors (Lipinski definition) is 5. The maximum atomic E-state index is 12.5. The van der Waals surface area contributed by atoms with Gasteiger partial charge in [-0.15, -0.1) is 11.3 Å². The maximum absolute atomic E-state index is 12.5. The summed E-state index contributed by atoms with van der Waals surface area (Å²) < 4.78 is 1.48. The molecule has 0 atom stereocenters. The van der Waals surface area contributed by atoms with Crippen LogP contribution >= 0.6 is 11.3 Å². The van der Waals surface area contributed by atoms with Crippen LogP contribution < -0.4 is 15.8 Å². The van der Waals surface area contributed by atoms with Gasteiger partial charge >= 0.3 is 0 Å². The molecule has 1 N–H and O–H groups in total. The number of benzene rings is 1. The quantitative estimate of drug-likeness (QED) is 0.681. The molecule has 3 heterocycles. The van der Waals surface area contributed by atoms with Gasteiger partial charge in [-0.1, -0.05) is 36.4 Å². The highest BCUT2D eigenvalue weighted by molar-refractivity contribution is 7.09. The average Bonchev–Trinajstić information content (AvgIpc) is 3.28. The van der Waals surface area contributed by atoms with Crippen LogP contribution in [-0.4, -0.2) is 28.8 Å². The molecule has 150 valence electrons. The van der Waals surface area contributed by atoms with E-state index in [4.69, 9.17) is 0 Å². The monoisotopic (exact) mass is 408 g/mol. The molecule has 0 radical (unpaired) electrons. The second kappa shape index (κ2) is 9.05. The fraction of sp³-hybridized carbons (Fsp3) is 0.318. The molecule has 2 aromatic heterocycles. The summed E-state index contributed by atoms with van der Waals surface area (Å²) in [5, 5.41) is 9.40. The van der Waals surface area contributed by atoms with Crippen LogP contribution in [0.3, 0.4) is 0 Å². The Labute approximate surface area is 173 Å². The largest absolute Gasteiger partial charge is 0.370 e. The van der Waals surface area contributed by atoms with Crippen molar-refractivity contribution in [1.29, 1.82) is 0 Å². The first-order valence-electron chi connectivity index (χ1n) is 9.85. The number of amides is 1. The van der Waals surface area contributed by atoms with Crippen molar-refractivity contribution < 1.29 is 4.79 Å². The van der Waals surface area contributed by atoms with E-state index in [0.717, 1.165) is 42.1 Å². The van der Waals surface area contributed by atoms with Gasteiger partial charge in [0.1, 0.15) is 0 Å². The highest BCUT2D eigenvalue weighted by Gasteiger charge is 2.25. The zero-order valence-electron chi connectivity index (χ0n) is 16.2. The molecule has 0 bridgehead atoms. The summed E-state index contributed by atoms with van der Waals surface area (Å²) in [6.07, 6.45) is 3.31. The molecule has 1 aliphatic rings. The van der Waals surface area contributed by atoms with E-state index in [1.54, 1.807) is 23.6 Å². The van der Waals surface area contributed by atoms with Crippen molar-refractivity contribution in [2.75, 3.05) is 18.0 Å². The first-order chi connectivity index (χ1) is 14.2. The average molecular weight is 409 g/mol. The van der Waals surface area contributed by atoms with Crippen LogP contribution in [0.2, 0.25) is 0 Å². The first kappa shape index (κ1) is 19.4. The van der Waals surface area contributed by atoms with Crippen LogP contribution in [0.1, 0.15) is 23.3 Å². The standard InChI is InChI=1S/C22H24N4O2S/c27-21-13-19(14-24-26(21)16-17-5-2-1-3-6-17)25-10-8-18(9-11-25)22(28)23-15-20-7-4-12-29-20/h1-7,12-14,18H,8-11,15-16H2,(H,23,28). The van der Waals surface area contributed by atoms with Crippen LogP contribution in [-0.2, 0) is 17.9 Å². The lowest BCUT2D eigenvalue weighted by Gasteiger charge is -2.32. The van der Waals surface area contributed by atoms with Crippen LogP contribution in [0, 0.1) is 5.92 Å². The Morgan fingerprint density at radius 2 is 1.93 bits per heavy atom.